The SMILES string of the molecule is CC(C)(C)c1ccc(CC(C)(O)c2cccc(F)c2)cc1. The van der Waals surface area contributed by atoms with Gasteiger partial charge < -0.3 is 5.11 Å². The van der Waals surface area contributed by atoms with Crippen molar-refractivity contribution in [3.8, 4) is 0 Å². The average Bonchev–Trinajstić information content (AvgIpc) is 2.38. The monoisotopic (exact) mass is 286 g/mol. The van der Waals surface area contributed by atoms with Crippen molar-refractivity contribution < 1.29 is 9.50 Å². The number of hydrogen-bond donors (Lipinski definition) is 1. The molecule has 2 rings (SSSR count). The topological polar surface area (TPSA) is 20.2 Å². The average molecular weight is 286 g/mol. The second-order valence-corrected chi connectivity index (χ2v) is 6.91. The molecule has 1 unspecified atom stereocenters. The fraction of sp³-hybridized carbons (Fsp3) is 0.368. The van der Waals surface area contributed by atoms with Crippen molar-refractivity contribution in [2.75, 3.05) is 0 Å². The molecule has 2 aromatic carbocycles. The Bertz CT molecular complexity index is 606. The minimum Gasteiger partial charge on any atom is -0.385 e. The maximum Gasteiger partial charge on any atom is 0.123 e. The molecule has 0 heterocycles. The Morgan fingerprint density at radius 2 is 1.52 bits per heavy atom. The molecule has 2 heteroatoms. The number of rotatable bonds is 3. The Labute approximate surface area is 126 Å². The second kappa shape index (κ2) is 5.61. The first-order valence-electron chi connectivity index (χ1n) is 7.26. The minimum absolute atomic E-state index is 0.115. The Morgan fingerprint density at radius 1 is 0.905 bits per heavy atom. The second-order valence-electron chi connectivity index (χ2n) is 6.91. The van der Waals surface area contributed by atoms with Crippen molar-refractivity contribution in [1.82, 2.24) is 0 Å². The van der Waals surface area contributed by atoms with Crippen LogP contribution in [0.5, 0.6) is 0 Å². The molecule has 0 aliphatic rings. The first kappa shape index (κ1) is 15.7. The van der Waals surface area contributed by atoms with Gasteiger partial charge in [-0.3, -0.25) is 0 Å². The van der Waals surface area contributed by atoms with E-state index in [1.54, 1.807) is 19.1 Å². The lowest BCUT2D eigenvalue weighted by Crippen LogP contribution is -2.24. The van der Waals surface area contributed by atoms with Crippen LogP contribution in [-0.2, 0) is 17.4 Å². The molecule has 1 N–H and O–H groups in total. The summed E-state index contributed by atoms with van der Waals surface area (Å²) in [5.74, 6) is -0.323. The van der Waals surface area contributed by atoms with Crippen LogP contribution in [-0.4, -0.2) is 5.11 Å². The van der Waals surface area contributed by atoms with Gasteiger partial charge in [0.25, 0.3) is 0 Å². The fourth-order valence-corrected chi connectivity index (χ4v) is 2.45. The first-order valence-corrected chi connectivity index (χ1v) is 7.26. The minimum atomic E-state index is -1.08. The van der Waals surface area contributed by atoms with Crippen molar-refractivity contribution in [1.29, 1.82) is 0 Å². The van der Waals surface area contributed by atoms with Crippen LogP contribution in [0, 0.1) is 5.82 Å². The predicted octanol–water partition coefficient (Wildman–Crippen LogP) is 4.57. The molecule has 0 saturated carbocycles. The first-order chi connectivity index (χ1) is 9.68. The van der Waals surface area contributed by atoms with E-state index in [4.69, 9.17) is 0 Å². The van der Waals surface area contributed by atoms with Gasteiger partial charge in [-0.15, -0.1) is 0 Å². The van der Waals surface area contributed by atoms with Crippen LogP contribution in [0.2, 0.25) is 0 Å². The standard InChI is InChI=1S/C19H23FO/c1-18(2,3)15-10-8-14(9-11-15)13-19(4,21)16-6-5-7-17(20)12-16/h5-12,21H,13H2,1-4H3. The van der Waals surface area contributed by atoms with Crippen molar-refractivity contribution in [2.45, 2.75) is 45.1 Å². The van der Waals surface area contributed by atoms with E-state index in [9.17, 15) is 9.50 Å². The van der Waals surface area contributed by atoms with Gasteiger partial charge in [-0.2, -0.15) is 0 Å². The predicted molar refractivity (Wildman–Crippen MR) is 84.8 cm³/mol. The van der Waals surface area contributed by atoms with Crippen LogP contribution in [0.1, 0.15) is 44.4 Å². The van der Waals surface area contributed by atoms with E-state index in [0.29, 0.717) is 12.0 Å². The molecular weight excluding hydrogens is 263 g/mol. The van der Waals surface area contributed by atoms with E-state index < -0.39 is 5.60 Å². The lowest BCUT2D eigenvalue weighted by molar-refractivity contribution is 0.0573. The summed E-state index contributed by atoms with van der Waals surface area (Å²) in [5.41, 5.74) is 1.94. The van der Waals surface area contributed by atoms with Gasteiger partial charge in [0, 0.05) is 6.42 Å². The van der Waals surface area contributed by atoms with Gasteiger partial charge in [-0.1, -0.05) is 57.2 Å². The van der Waals surface area contributed by atoms with Crippen molar-refractivity contribution in [3.05, 3.63) is 71.0 Å². The third-order valence-electron chi connectivity index (χ3n) is 3.81. The molecule has 1 atom stereocenters. The Kier molecular flexibility index (Phi) is 4.20. The molecule has 0 bridgehead atoms. The normalized spacial score (nSPS) is 14.8. The van der Waals surface area contributed by atoms with E-state index in [2.05, 4.69) is 32.9 Å². The molecular formula is C19H23FO. The summed E-state index contributed by atoms with van der Waals surface area (Å²) < 4.78 is 13.3. The molecule has 0 saturated heterocycles. The van der Waals surface area contributed by atoms with Gasteiger partial charge in [-0.05, 0) is 41.2 Å². The number of hydrogen-bond acceptors (Lipinski definition) is 1. The molecule has 0 fully saturated rings. The summed E-state index contributed by atoms with van der Waals surface area (Å²) in [4.78, 5) is 0. The molecule has 0 aromatic heterocycles. The maximum atomic E-state index is 13.3. The highest BCUT2D eigenvalue weighted by Gasteiger charge is 2.24. The number of aliphatic hydroxyl groups is 1. The summed E-state index contributed by atoms with van der Waals surface area (Å²) in [6, 6.07) is 14.4. The van der Waals surface area contributed by atoms with Crippen molar-refractivity contribution >= 4 is 0 Å². The van der Waals surface area contributed by atoms with Gasteiger partial charge in [0.05, 0.1) is 5.60 Å². The van der Waals surface area contributed by atoms with E-state index in [-0.39, 0.29) is 11.2 Å². The molecule has 1 nitrogen and oxygen atoms in total. The molecule has 0 amide bonds. The molecule has 0 spiro atoms. The van der Waals surface area contributed by atoms with E-state index >= 15 is 0 Å². The third kappa shape index (κ3) is 3.92. The summed E-state index contributed by atoms with van der Waals surface area (Å²) in [7, 11) is 0. The number of halogens is 1. The van der Waals surface area contributed by atoms with E-state index in [1.165, 1.54) is 17.7 Å². The van der Waals surface area contributed by atoms with Gasteiger partial charge >= 0.3 is 0 Å². The summed E-state index contributed by atoms with van der Waals surface area (Å²) in [5, 5.41) is 10.6. The fourth-order valence-electron chi connectivity index (χ4n) is 2.45. The smallest absolute Gasteiger partial charge is 0.123 e. The summed E-state index contributed by atoms with van der Waals surface area (Å²) in [6.45, 7) is 8.24. The van der Waals surface area contributed by atoms with Crippen LogP contribution in [0.4, 0.5) is 4.39 Å². The van der Waals surface area contributed by atoms with Crippen LogP contribution in [0.3, 0.4) is 0 Å². The molecule has 112 valence electrons. The van der Waals surface area contributed by atoms with Crippen LogP contribution in [0.25, 0.3) is 0 Å². The van der Waals surface area contributed by atoms with Crippen molar-refractivity contribution in [2.24, 2.45) is 0 Å². The Balaban J connectivity index is 2.20. The number of benzene rings is 2. The lowest BCUT2D eigenvalue weighted by Gasteiger charge is -2.25. The largest absolute Gasteiger partial charge is 0.385 e. The van der Waals surface area contributed by atoms with Gasteiger partial charge in [0.15, 0.2) is 0 Å². The van der Waals surface area contributed by atoms with E-state index in [1.807, 2.05) is 12.1 Å². The zero-order valence-corrected chi connectivity index (χ0v) is 13.2. The summed E-state index contributed by atoms with van der Waals surface area (Å²) >= 11 is 0. The Morgan fingerprint density at radius 3 is 2.05 bits per heavy atom. The molecule has 0 radical (unpaired) electrons. The van der Waals surface area contributed by atoms with Crippen LogP contribution >= 0.6 is 0 Å². The van der Waals surface area contributed by atoms with Gasteiger partial charge in [0.2, 0.25) is 0 Å². The molecule has 2 aromatic rings. The third-order valence-corrected chi connectivity index (χ3v) is 3.81. The molecule has 0 aliphatic heterocycles. The quantitative estimate of drug-likeness (QED) is 0.876. The van der Waals surface area contributed by atoms with Gasteiger partial charge in [-0.25, -0.2) is 4.39 Å². The highest BCUT2D eigenvalue weighted by atomic mass is 19.1. The maximum absolute atomic E-state index is 13.3. The molecule has 21 heavy (non-hydrogen) atoms. The van der Waals surface area contributed by atoms with Crippen LogP contribution < -0.4 is 0 Å². The van der Waals surface area contributed by atoms with Crippen LogP contribution in [0.15, 0.2) is 48.5 Å². The Hall–Kier alpha value is -1.67. The highest BCUT2D eigenvalue weighted by Crippen LogP contribution is 2.27. The highest BCUT2D eigenvalue weighted by molar-refractivity contribution is 5.31. The zero-order chi connectivity index (χ0) is 15.7. The molecule has 0 aliphatic carbocycles. The van der Waals surface area contributed by atoms with Gasteiger partial charge in [0.1, 0.15) is 5.82 Å². The lowest BCUT2D eigenvalue weighted by atomic mass is 9.84. The van der Waals surface area contributed by atoms with Crippen molar-refractivity contribution in [3.63, 3.8) is 0 Å². The zero-order valence-electron chi connectivity index (χ0n) is 13.2. The van der Waals surface area contributed by atoms with E-state index in [0.717, 1.165) is 5.56 Å². The summed E-state index contributed by atoms with van der Waals surface area (Å²) in [6.07, 6.45) is 0.459.